The van der Waals surface area contributed by atoms with E-state index in [0.717, 1.165) is 38.4 Å². The molecule has 0 fully saturated rings. The molecule has 4 heteroatoms. The molecule has 4 rings (SSSR count). The molecule has 0 saturated carbocycles. The summed E-state index contributed by atoms with van der Waals surface area (Å²) in [4.78, 5) is 17.6. The second kappa shape index (κ2) is 6.85. The zero-order valence-electron chi connectivity index (χ0n) is 16.1. The Hall–Kier alpha value is -3.03. The molecule has 0 bridgehead atoms. The standard InChI is InChI=1S/C24H20N2OS/c1-15(27)24(2,3)11-17-10-21-22(13-26-14-23(21)28-17)20-9-8-16(12-25)18-6-4-5-7-19(18)20/h4-10,13-14H,11H2,1-3H3. The molecular formula is C24H20N2OS. The van der Waals surface area contributed by atoms with Gasteiger partial charge >= 0.3 is 0 Å². The third kappa shape index (κ3) is 3.08. The number of ketones is 1. The zero-order valence-corrected chi connectivity index (χ0v) is 16.9. The predicted octanol–water partition coefficient (Wildman–Crippen LogP) is 6.15. The zero-order chi connectivity index (χ0) is 19.9. The van der Waals surface area contributed by atoms with E-state index in [9.17, 15) is 10.1 Å². The molecule has 0 radical (unpaired) electrons. The van der Waals surface area contributed by atoms with Crippen LogP contribution in [0.15, 0.2) is 54.9 Å². The van der Waals surface area contributed by atoms with Gasteiger partial charge in [0.15, 0.2) is 0 Å². The fourth-order valence-corrected chi connectivity index (χ4v) is 4.79. The normalized spacial score (nSPS) is 11.6. The SMILES string of the molecule is CC(=O)C(C)(C)Cc1cc2c(-c3ccc(C#N)c4ccccc34)cncc2s1. The van der Waals surface area contributed by atoms with Crippen molar-refractivity contribution < 1.29 is 4.79 Å². The summed E-state index contributed by atoms with van der Waals surface area (Å²) >= 11 is 1.70. The average Bonchev–Trinajstić information content (AvgIpc) is 3.08. The van der Waals surface area contributed by atoms with Gasteiger partial charge in [0, 0.05) is 39.0 Å². The summed E-state index contributed by atoms with van der Waals surface area (Å²) < 4.78 is 1.11. The molecule has 0 aliphatic rings. The van der Waals surface area contributed by atoms with Crippen molar-refractivity contribution in [2.45, 2.75) is 27.2 Å². The van der Waals surface area contributed by atoms with Gasteiger partial charge in [0.25, 0.3) is 0 Å². The summed E-state index contributed by atoms with van der Waals surface area (Å²) in [6.07, 6.45) is 4.50. The fourth-order valence-electron chi connectivity index (χ4n) is 3.51. The topological polar surface area (TPSA) is 53.8 Å². The highest BCUT2D eigenvalue weighted by molar-refractivity contribution is 7.19. The van der Waals surface area contributed by atoms with Crippen LogP contribution < -0.4 is 0 Å². The first-order chi connectivity index (χ1) is 13.4. The number of nitrogens with zero attached hydrogens (tertiary/aromatic N) is 2. The molecule has 0 aliphatic carbocycles. The van der Waals surface area contributed by atoms with Crippen LogP contribution in [0, 0.1) is 16.7 Å². The first-order valence-electron chi connectivity index (χ1n) is 9.20. The third-order valence-electron chi connectivity index (χ3n) is 5.40. The molecule has 2 aromatic heterocycles. The van der Waals surface area contributed by atoms with E-state index >= 15 is 0 Å². The number of benzene rings is 2. The van der Waals surface area contributed by atoms with Gasteiger partial charge in [-0.15, -0.1) is 11.3 Å². The van der Waals surface area contributed by atoms with Gasteiger partial charge in [-0.25, -0.2) is 0 Å². The predicted molar refractivity (Wildman–Crippen MR) is 115 cm³/mol. The van der Waals surface area contributed by atoms with Crippen molar-refractivity contribution >= 4 is 38.0 Å². The second-order valence-corrected chi connectivity index (χ2v) is 8.91. The number of carbonyl (C=O) groups excluding carboxylic acids is 1. The van der Waals surface area contributed by atoms with E-state index in [4.69, 9.17) is 0 Å². The molecule has 0 N–H and O–H groups in total. The monoisotopic (exact) mass is 384 g/mol. The Bertz CT molecular complexity index is 1260. The van der Waals surface area contributed by atoms with Gasteiger partial charge in [0.2, 0.25) is 0 Å². The van der Waals surface area contributed by atoms with Gasteiger partial charge in [-0.3, -0.25) is 9.78 Å². The van der Waals surface area contributed by atoms with E-state index in [0.29, 0.717) is 5.56 Å². The minimum absolute atomic E-state index is 0.196. The molecule has 4 aromatic rings. The molecule has 28 heavy (non-hydrogen) atoms. The van der Waals surface area contributed by atoms with Crippen molar-refractivity contribution in [1.29, 1.82) is 5.26 Å². The molecule has 0 saturated heterocycles. The second-order valence-electron chi connectivity index (χ2n) is 7.75. The maximum absolute atomic E-state index is 11.9. The molecule has 0 atom stereocenters. The van der Waals surface area contributed by atoms with Crippen LogP contribution in [0.1, 0.15) is 31.2 Å². The Balaban J connectivity index is 1.90. The Morgan fingerprint density at radius 3 is 2.54 bits per heavy atom. The highest BCUT2D eigenvalue weighted by atomic mass is 32.1. The van der Waals surface area contributed by atoms with Crippen LogP contribution in [0.25, 0.3) is 32.0 Å². The number of hydrogen-bond acceptors (Lipinski definition) is 4. The molecule has 0 spiro atoms. The first-order valence-corrected chi connectivity index (χ1v) is 10.0. The summed E-state index contributed by atoms with van der Waals surface area (Å²) in [6, 6.07) is 16.3. The first kappa shape index (κ1) is 18.3. The Morgan fingerprint density at radius 1 is 1.07 bits per heavy atom. The van der Waals surface area contributed by atoms with Gasteiger partial charge in [-0.2, -0.15) is 5.26 Å². The van der Waals surface area contributed by atoms with E-state index < -0.39 is 0 Å². The molecule has 3 nitrogen and oxygen atoms in total. The van der Waals surface area contributed by atoms with Crippen molar-refractivity contribution in [3.8, 4) is 17.2 Å². The van der Waals surface area contributed by atoms with Crippen molar-refractivity contribution in [1.82, 2.24) is 4.98 Å². The minimum Gasteiger partial charge on any atom is -0.299 e. The molecule has 0 unspecified atom stereocenters. The van der Waals surface area contributed by atoms with E-state index in [1.165, 1.54) is 4.88 Å². The maximum Gasteiger partial charge on any atom is 0.135 e. The molecule has 2 heterocycles. The van der Waals surface area contributed by atoms with Crippen LogP contribution in [0.4, 0.5) is 0 Å². The van der Waals surface area contributed by atoms with Gasteiger partial charge in [0.05, 0.1) is 16.3 Å². The number of rotatable bonds is 4. The summed E-state index contributed by atoms with van der Waals surface area (Å²) in [5.74, 6) is 0.196. The Kier molecular flexibility index (Phi) is 4.49. The largest absolute Gasteiger partial charge is 0.299 e. The number of Topliss-reactive ketones (excluding diaryl/α,β-unsaturated/α-hetero) is 1. The van der Waals surface area contributed by atoms with Crippen molar-refractivity contribution in [3.63, 3.8) is 0 Å². The molecule has 0 aliphatic heterocycles. The van der Waals surface area contributed by atoms with Gasteiger partial charge in [-0.05, 0) is 36.4 Å². The Labute approximate surface area is 168 Å². The minimum atomic E-state index is -0.379. The number of pyridine rings is 1. The number of fused-ring (bicyclic) bond motifs is 2. The third-order valence-corrected chi connectivity index (χ3v) is 6.47. The van der Waals surface area contributed by atoms with Gasteiger partial charge < -0.3 is 0 Å². The van der Waals surface area contributed by atoms with Crippen LogP contribution in [0.2, 0.25) is 0 Å². The number of carbonyl (C=O) groups is 1. The number of thiophene rings is 1. The van der Waals surface area contributed by atoms with Crippen LogP contribution in [0.3, 0.4) is 0 Å². The smallest absolute Gasteiger partial charge is 0.135 e. The fraction of sp³-hybridized carbons (Fsp3) is 0.208. The lowest BCUT2D eigenvalue weighted by atomic mass is 9.84. The lowest BCUT2D eigenvalue weighted by Crippen LogP contribution is -2.23. The summed E-state index contributed by atoms with van der Waals surface area (Å²) in [7, 11) is 0. The molecular weight excluding hydrogens is 364 g/mol. The van der Waals surface area contributed by atoms with Crippen LogP contribution >= 0.6 is 11.3 Å². The van der Waals surface area contributed by atoms with Crippen LogP contribution in [0.5, 0.6) is 0 Å². The van der Waals surface area contributed by atoms with Crippen LogP contribution in [-0.2, 0) is 11.2 Å². The highest BCUT2D eigenvalue weighted by Crippen LogP contribution is 2.39. The highest BCUT2D eigenvalue weighted by Gasteiger charge is 2.25. The van der Waals surface area contributed by atoms with Crippen molar-refractivity contribution in [2.75, 3.05) is 0 Å². The summed E-state index contributed by atoms with van der Waals surface area (Å²) in [5.41, 5.74) is 2.42. The molecule has 2 aromatic carbocycles. The lowest BCUT2D eigenvalue weighted by molar-refractivity contribution is -0.124. The van der Waals surface area contributed by atoms with Gasteiger partial charge in [-0.1, -0.05) is 44.2 Å². The lowest BCUT2D eigenvalue weighted by Gasteiger charge is -2.19. The number of aromatic nitrogens is 1. The van der Waals surface area contributed by atoms with Crippen molar-refractivity contribution in [3.05, 3.63) is 65.3 Å². The van der Waals surface area contributed by atoms with E-state index in [-0.39, 0.29) is 11.2 Å². The average molecular weight is 385 g/mol. The van der Waals surface area contributed by atoms with E-state index in [2.05, 4.69) is 23.2 Å². The Morgan fingerprint density at radius 2 is 1.82 bits per heavy atom. The van der Waals surface area contributed by atoms with Gasteiger partial charge in [0.1, 0.15) is 5.78 Å². The summed E-state index contributed by atoms with van der Waals surface area (Å²) in [5, 5.41) is 12.6. The van der Waals surface area contributed by atoms with E-state index in [1.54, 1.807) is 18.3 Å². The molecule has 0 amide bonds. The number of nitriles is 1. The molecule has 138 valence electrons. The number of hydrogen-bond donors (Lipinski definition) is 0. The maximum atomic E-state index is 11.9. The van der Waals surface area contributed by atoms with Crippen molar-refractivity contribution in [2.24, 2.45) is 5.41 Å². The quantitative estimate of drug-likeness (QED) is 0.424. The van der Waals surface area contributed by atoms with Crippen LogP contribution in [-0.4, -0.2) is 10.8 Å². The van der Waals surface area contributed by atoms with E-state index in [1.807, 2.05) is 56.6 Å². The summed E-state index contributed by atoms with van der Waals surface area (Å²) in [6.45, 7) is 5.64.